The number of rotatable bonds is 8. The molecule has 3 saturated heterocycles. The lowest BCUT2D eigenvalue weighted by molar-refractivity contribution is -0.145. The molecular formula is C34H58F3N5O6. The Morgan fingerprint density at radius 1 is 0.729 bits per heavy atom. The van der Waals surface area contributed by atoms with Gasteiger partial charge in [0.2, 0.25) is 0 Å². The lowest BCUT2D eigenvalue weighted by Crippen LogP contribution is -2.50. The van der Waals surface area contributed by atoms with Gasteiger partial charge < -0.3 is 25.1 Å². The van der Waals surface area contributed by atoms with Crippen LogP contribution in [0.2, 0.25) is 0 Å². The Morgan fingerprint density at radius 3 is 1.46 bits per heavy atom. The molecule has 14 heteroatoms. The highest BCUT2D eigenvalue weighted by Crippen LogP contribution is 2.33. The minimum atomic E-state index is -4.55. The summed E-state index contributed by atoms with van der Waals surface area (Å²) in [6.45, 7) is 26.1. The van der Waals surface area contributed by atoms with E-state index >= 15 is 0 Å². The fraction of sp³-hybridized carbons (Fsp3) is 0.765. The van der Waals surface area contributed by atoms with Crippen molar-refractivity contribution in [1.29, 1.82) is 0 Å². The van der Waals surface area contributed by atoms with Gasteiger partial charge in [0.1, 0.15) is 0 Å². The molecule has 3 aliphatic rings. The van der Waals surface area contributed by atoms with E-state index in [1.807, 2.05) is 0 Å². The molecule has 0 bridgehead atoms. The van der Waals surface area contributed by atoms with Gasteiger partial charge in [-0.05, 0) is 101 Å². The van der Waals surface area contributed by atoms with Gasteiger partial charge in [-0.1, -0.05) is 6.58 Å². The summed E-state index contributed by atoms with van der Waals surface area (Å²) in [5.74, 6) is -1.45. The van der Waals surface area contributed by atoms with Crippen LogP contribution in [-0.2, 0) is 15.8 Å². The number of hydrogen-bond acceptors (Lipinski definition) is 8. The zero-order chi connectivity index (χ0) is 37.1. The molecule has 0 spiro atoms. The van der Waals surface area contributed by atoms with E-state index in [1.165, 1.54) is 0 Å². The number of nitrogens with zero attached hydrogens (tertiary/aromatic N) is 5. The number of Topliss-reactive ketones (excluding diaryl/α,β-unsaturated/α-hetero) is 1. The Morgan fingerprint density at radius 2 is 1.15 bits per heavy atom. The molecule has 276 valence electrons. The molecule has 4 heterocycles. The van der Waals surface area contributed by atoms with Gasteiger partial charge in [-0.15, -0.1) is 0 Å². The predicted molar refractivity (Wildman–Crippen MR) is 179 cm³/mol. The number of aliphatic carboxylic acids is 2. The third-order valence-electron chi connectivity index (χ3n) is 8.95. The van der Waals surface area contributed by atoms with Crippen LogP contribution in [-0.4, -0.2) is 115 Å². The van der Waals surface area contributed by atoms with Crippen LogP contribution in [0, 0.1) is 17.8 Å². The quantitative estimate of drug-likeness (QED) is 0.218. The Balaban J connectivity index is 0.000000324. The maximum atomic E-state index is 12.6. The monoisotopic (exact) mass is 689 g/mol. The minimum Gasteiger partial charge on any atom is -0.513 e. The maximum absolute atomic E-state index is 12.6. The van der Waals surface area contributed by atoms with Gasteiger partial charge in [-0.2, -0.15) is 18.3 Å². The van der Waals surface area contributed by atoms with Crippen LogP contribution in [0.15, 0.2) is 18.5 Å². The predicted octanol–water partition coefficient (Wildman–Crippen LogP) is 6.08. The van der Waals surface area contributed by atoms with Gasteiger partial charge >= 0.3 is 18.1 Å². The van der Waals surface area contributed by atoms with Crippen LogP contribution >= 0.6 is 0 Å². The first-order valence-electron chi connectivity index (χ1n) is 16.8. The van der Waals surface area contributed by atoms with Crippen molar-refractivity contribution in [3.63, 3.8) is 0 Å². The molecule has 1 aromatic rings. The molecule has 0 aromatic carbocycles. The Labute approximate surface area is 283 Å². The summed E-state index contributed by atoms with van der Waals surface area (Å²) in [5.41, 5.74) is -1.35. The van der Waals surface area contributed by atoms with Gasteiger partial charge in [-0.25, -0.2) is 0 Å². The number of carboxylic acid groups (broad SMARTS) is 2. The second-order valence-corrected chi connectivity index (χ2v) is 13.9. The Bertz CT molecular complexity index is 1190. The van der Waals surface area contributed by atoms with Crippen molar-refractivity contribution < 1.29 is 42.9 Å². The van der Waals surface area contributed by atoms with Gasteiger partial charge in [0.25, 0.3) is 0 Å². The lowest BCUT2D eigenvalue weighted by Gasteiger charge is -2.41. The lowest BCUT2D eigenvalue weighted by atomic mass is 9.96. The van der Waals surface area contributed by atoms with Gasteiger partial charge in [0.05, 0.1) is 29.4 Å². The first-order valence-corrected chi connectivity index (χ1v) is 16.8. The van der Waals surface area contributed by atoms with E-state index in [0.717, 1.165) is 76.3 Å². The van der Waals surface area contributed by atoms with Crippen molar-refractivity contribution in [2.45, 2.75) is 112 Å². The Hall–Kier alpha value is -2.97. The number of piperidine rings is 1. The van der Waals surface area contributed by atoms with E-state index in [9.17, 15) is 27.6 Å². The second kappa shape index (κ2) is 19.3. The summed E-state index contributed by atoms with van der Waals surface area (Å²) in [5, 5.41) is 30.0. The number of hydrogen-bond donors (Lipinski definition) is 3. The second-order valence-electron chi connectivity index (χ2n) is 13.9. The first kappa shape index (κ1) is 43.1. The highest BCUT2D eigenvalue weighted by Gasteiger charge is 2.39. The fourth-order valence-corrected chi connectivity index (χ4v) is 5.56. The van der Waals surface area contributed by atoms with Crippen LogP contribution < -0.4 is 0 Å². The minimum absolute atomic E-state index is 0.0972. The number of carbonyl (C=O) groups excluding carboxylic acids is 1. The molecular weight excluding hydrogens is 631 g/mol. The third kappa shape index (κ3) is 13.5. The van der Waals surface area contributed by atoms with E-state index in [-0.39, 0.29) is 17.4 Å². The summed E-state index contributed by atoms with van der Waals surface area (Å²) in [6, 6.07) is 1.21. The molecule has 3 fully saturated rings. The van der Waals surface area contributed by atoms with Crippen molar-refractivity contribution in [3.05, 3.63) is 29.8 Å². The van der Waals surface area contributed by atoms with Crippen molar-refractivity contribution in [2.75, 3.05) is 39.3 Å². The molecule has 3 N–H and O–H groups in total. The summed E-state index contributed by atoms with van der Waals surface area (Å²) >= 11 is 0. The average Bonchev–Trinajstić information content (AvgIpc) is 3.62. The smallest absolute Gasteiger partial charge is 0.433 e. The van der Waals surface area contributed by atoms with E-state index in [2.05, 4.69) is 67.9 Å². The molecule has 48 heavy (non-hydrogen) atoms. The third-order valence-corrected chi connectivity index (χ3v) is 8.95. The standard InChI is InChI=1S/C9H11F3N2O.C9H17NO2.C8H15NO2.C8H15NO/c1-5(2)14-8(9(10,11)12)7(4-13-14)6(3)15;1-7(2)10-5-3-8(4-6-10)9(11)12;1-6(2)9-4-3-7(5-9)8(10)11;1-6(2)9-4-8(5-9)7(3)10/h4-5H,1-3H3;7-8H,3-6H2,1-2H3,(H,11,12);6-7H,3-5H2,1-2H3,(H,10,11);6,8,10H,3-5H2,1-2H3. The van der Waals surface area contributed by atoms with Crippen LogP contribution in [0.4, 0.5) is 13.2 Å². The summed E-state index contributed by atoms with van der Waals surface area (Å²) in [6.07, 6.45) is -1.15. The summed E-state index contributed by atoms with van der Waals surface area (Å²) in [7, 11) is 0. The number of alkyl halides is 3. The molecule has 0 aliphatic carbocycles. The fourth-order valence-electron chi connectivity index (χ4n) is 5.56. The van der Waals surface area contributed by atoms with Gasteiger partial charge in [0.15, 0.2) is 11.5 Å². The highest BCUT2D eigenvalue weighted by molar-refractivity contribution is 5.95. The normalized spacial score (nSPS) is 19.6. The molecule has 1 atom stereocenters. The SMILES string of the molecule is C=C(O)C1CN(C(C)C)C1.CC(=O)c1cnn(C(C)C)c1C(F)(F)F.CC(C)N1CCC(C(=O)O)C1.CC(C)N1CCC(C(=O)O)CC1. The first-order chi connectivity index (χ1) is 22.1. The number of halogens is 3. The number of aliphatic hydroxyl groups is 1. The van der Waals surface area contributed by atoms with Crippen molar-refractivity contribution in [1.82, 2.24) is 24.5 Å². The van der Waals surface area contributed by atoms with E-state index in [0.29, 0.717) is 29.8 Å². The zero-order valence-electron chi connectivity index (χ0n) is 30.1. The zero-order valence-corrected chi connectivity index (χ0v) is 30.1. The van der Waals surface area contributed by atoms with E-state index < -0.39 is 35.6 Å². The molecule has 0 radical (unpaired) electrons. The Kier molecular flexibility index (Phi) is 17.3. The number of carboxylic acids is 2. The number of likely N-dealkylation sites (tertiary alicyclic amines) is 3. The van der Waals surface area contributed by atoms with Gasteiger partial charge in [0, 0.05) is 49.7 Å². The molecule has 1 aromatic heterocycles. The van der Waals surface area contributed by atoms with Crippen molar-refractivity contribution in [3.8, 4) is 0 Å². The maximum Gasteiger partial charge on any atom is 0.433 e. The molecule has 0 amide bonds. The largest absolute Gasteiger partial charge is 0.513 e. The number of carbonyl (C=O) groups is 3. The van der Waals surface area contributed by atoms with E-state index in [4.69, 9.17) is 15.3 Å². The van der Waals surface area contributed by atoms with Crippen LogP contribution in [0.5, 0.6) is 0 Å². The average molecular weight is 690 g/mol. The van der Waals surface area contributed by atoms with Crippen molar-refractivity contribution >= 4 is 17.7 Å². The molecule has 4 rings (SSSR count). The molecule has 0 saturated carbocycles. The van der Waals surface area contributed by atoms with E-state index in [1.54, 1.807) is 13.8 Å². The summed E-state index contributed by atoms with van der Waals surface area (Å²) < 4.78 is 38.8. The number of aromatic nitrogens is 2. The molecule has 11 nitrogen and oxygen atoms in total. The van der Waals surface area contributed by atoms with Crippen LogP contribution in [0.3, 0.4) is 0 Å². The molecule has 1 unspecified atom stereocenters. The van der Waals surface area contributed by atoms with Gasteiger partial charge in [-0.3, -0.25) is 24.0 Å². The van der Waals surface area contributed by atoms with Crippen LogP contribution in [0.25, 0.3) is 0 Å². The topological polar surface area (TPSA) is 139 Å². The van der Waals surface area contributed by atoms with Crippen molar-refractivity contribution in [2.24, 2.45) is 17.8 Å². The summed E-state index contributed by atoms with van der Waals surface area (Å²) in [4.78, 5) is 39.0. The number of aliphatic hydroxyl groups excluding tert-OH is 1. The highest BCUT2D eigenvalue weighted by atomic mass is 19.4. The molecule has 3 aliphatic heterocycles. The van der Waals surface area contributed by atoms with Crippen LogP contribution in [0.1, 0.15) is 104 Å². The number of ketones is 1.